The van der Waals surface area contributed by atoms with Gasteiger partial charge in [-0.2, -0.15) is 5.10 Å². The Labute approximate surface area is 193 Å². The monoisotopic (exact) mass is 467 g/mol. The number of rotatable bonds is 10. The molecule has 172 valence electrons. The van der Waals surface area contributed by atoms with Gasteiger partial charge in [-0.1, -0.05) is 48.5 Å². The fourth-order valence-corrected chi connectivity index (χ4v) is 3.81. The molecule has 0 unspecified atom stereocenters. The van der Waals surface area contributed by atoms with Crippen LogP contribution in [0.4, 0.5) is 5.69 Å². The Bertz CT molecular complexity index is 1210. The summed E-state index contributed by atoms with van der Waals surface area (Å²) in [5.41, 5.74) is 4.38. The van der Waals surface area contributed by atoms with E-state index in [-0.39, 0.29) is 0 Å². The molecule has 8 nitrogen and oxygen atoms in total. The van der Waals surface area contributed by atoms with Gasteiger partial charge in [0.25, 0.3) is 5.91 Å². The van der Waals surface area contributed by atoms with E-state index < -0.39 is 22.5 Å². The van der Waals surface area contributed by atoms with Gasteiger partial charge in [-0.25, -0.2) is 13.8 Å². The second-order valence-electron chi connectivity index (χ2n) is 7.08. The number of benzene rings is 3. The van der Waals surface area contributed by atoms with E-state index in [0.717, 1.165) is 16.1 Å². The minimum atomic E-state index is -3.71. The number of sulfonamides is 1. The molecule has 0 bridgehead atoms. The number of carbonyl (C=O) groups is 1. The molecule has 0 saturated heterocycles. The van der Waals surface area contributed by atoms with E-state index in [9.17, 15) is 13.2 Å². The third-order valence-electron chi connectivity index (χ3n) is 4.58. The van der Waals surface area contributed by atoms with Crippen LogP contribution < -0.4 is 19.2 Å². The lowest BCUT2D eigenvalue weighted by Gasteiger charge is -2.21. The Morgan fingerprint density at radius 1 is 1.03 bits per heavy atom. The summed E-state index contributed by atoms with van der Waals surface area (Å²) in [5, 5.41) is 3.97. The Kier molecular flexibility index (Phi) is 8.04. The molecule has 9 heteroatoms. The van der Waals surface area contributed by atoms with E-state index in [1.807, 2.05) is 42.5 Å². The molecule has 0 saturated carbocycles. The maximum Gasteiger partial charge on any atom is 0.260 e. The van der Waals surface area contributed by atoms with Crippen LogP contribution in [0.1, 0.15) is 11.1 Å². The molecule has 3 aromatic rings. The van der Waals surface area contributed by atoms with Gasteiger partial charge in [0.1, 0.15) is 24.7 Å². The highest BCUT2D eigenvalue weighted by molar-refractivity contribution is 7.92. The van der Waals surface area contributed by atoms with E-state index in [1.54, 1.807) is 30.3 Å². The summed E-state index contributed by atoms with van der Waals surface area (Å²) in [6.45, 7) is -0.0442. The van der Waals surface area contributed by atoms with E-state index in [2.05, 4.69) is 10.5 Å². The molecule has 0 aromatic heterocycles. The second kappa shape index (κ2) is 11.1. The summed E-state index contributed by atoms with van der Waals surface area (Å²) < 4.78 is 36.5. The number of hydrazone groups is 1. The predicted octanol–water partition coefficient (Wildman–Crippen LogP) is 3.19. The first-order valence-electron chi connectivity index (χ1n) is 10.1. The summed E-state index contributed by atoms with van der Waals surface area (Å²) in [7, 11) is -2.23. The number of hydrogen-bond acceptors (Lipinski definition) is 6. The zero-order valence-corrected chi connectivity index (χ0v) is 19.2. The van der Waals surface area contributed by atoms with Gasteiger partial charge >= 0.3 is 0 Å². The van der Waals surface area contributed by atoms with Crippen LogP contribution in [0.3, 0.4) is 0 Å². The molecule has 0 spiro atoms. The number of nitrogens with zero attached hydrogens (tertiary/aromatic N) is 2. The SMILES string of the molecule is COc1cccc(N(CC(=O)N/N=C\c2ccccc2OCc2ccccc2)S(C)(=O)=O)c1. The van der Waals surface area contributed by atoms with Crippen LogP contribution in [-0.2, 0) is 21.4 Å². The average Bonchev–Trinajstić information content (AvgIpc) is 2.82. The zero-order valence-electron chi connectivity index (χ0n) is 18.3. The van der Waals surface area contributed by atoms with E-state index >= 15 is 0 Å². The first-order valence-corrected chi connectivity index (χ1v) is 11.9. The summed E-state index contributed by atoms with van der Waals surface area (Å²) in [5.74, 6) is 0.488. The number of ether oxygens (including phenoxy) is 2. The first kappa shape index (κ1) is 23.8. The van der Waals surface area contributed by atoms with Gasteiger partial charge < -0.3 is 9.47 Å². The highest BCUT2D eigenvalue weighted by Gasteiger charge is 2.21. The maximum absolute atomic E-state index is 12.4. The molecule has 0 aliphatic carbocycles. The minimum absolute atomic E-state index is 0.315. The topological polar surface area (TPSA) is 97.3 Å². The van der Waals surface area contributed by atoms with Gasteiger partial charge in [0, 0.05) is 11.6 Å². The van der Waals surface area contributed by atoms with Crippen molar-refractivity contribution in [1.82, 2.24) is 5.43 Å². The van der Waals surface area contributed by atoms with Crippen molar-refractivity contribution in [3.63, 3.8) is 0 Å². The number of hydrogen-bond donors (Lipinski definition) is 1. The lowest BCUT2D eigenvalue weighted by Crippen LogP contribution is -2.39. The van der Waals surface area contributed by atoms with Crippen LogP contribution in [0.2, 0.25) is 0 Å². The van der Waals surface area contributed by atoms with E-state index in [0.29, 0.717) is 29.4 Å². The van der Waals surface area contributed by atoms with Crippen LogP contribution in [0, 0.1) is 0 Å². The van der Waals surface area contributed by atoms with Crippen molar-refractivity contribution < 1.29 is 22.7 Å². The van der Waals surface area contributed by atoms with Crippen molar-refractivity contribution >= 4 is 27.8 Å². The van der Waals surface area contributed by atoms with Crippen molar-refractivity contribution in [3.05, 3.63) is 90.0 Å². The third kappa shape index (κ3) is 7.08. The molecule has 0 radical (unpaired) electrons. The summed E-state index contributed by atoms with van der Waals surface area (Å²) in [6.07, 6.45) is 2.48. The van der Waals surface area contributed by atoms with Crippen molar-refractivity contribution in [2.45, 2.75) is 6.61 Å². The molecule has 0 fully saturated rings. The summed E-state index contributed by atoms with van der Waals surface area (Å²) in [6, 6.07) is 23.5. The van der Waals surface area contributed by atoms with Gasteiger partial charge in [-0.3, -0.25) is 9.10 Å². The number of carbonyl (C=O) groups excluding carboxylic acids is 1. The third-order valence-corrected chi connectivity index (χ3v) is 5.72. The quantitative estimate of drug-likeness (QED) is 0.365. The largest absolute Gasteiger partial charge is 0.497 e. The highest BCUT2D eigenvalue weighted by atomic mass is 32.2. The molecular formula is C24H25N3O5S. The molecule has 3 aromatic carbocycles. The molecule has 1 amide bonds. The molecule has 0 aliphatic heterocycles. The Morgan fingerprint density at radius 3 is 2.48 bits per heavy atom. The number of methoxy groups -OCH3 is 1. The minimum Gasteiger partial charge on any atom is -0.497 e. The molecule has 0 atom stereocenters. The standard InChI is InChI=1S/C24H25N3O5S/c1-31-22-13-8-12-21(15-22)27(33(2,29)30)17-24(28)26-25-16-20-11-6-7-14-23(20)32-18-19-9-4-3-5-10-19/h3-16H,17-18H2,1-2H3,(H,26,28)/b25-16-. The van der Waals surface area contributed by atoms with E-state index in [4.69, 9.17) is 9.47 Å². The second-order valence-corrected chi connectivity index (χ2v) is 8.98. The molecule has 1 N–H and O–H groups in total. The van der Waals surface area contributed by atoms with Crippen molar-refractivity contribution in [2.24, 2.45) is 5.10 Å². The van der Waals surface area contributed by atoms with Crippen LogP contribution in [-0.4, -0.2) is 40.4 Å². The molecule has 0 aliphatic rings. The van der Waals surface area contributed by atoms with Crippen LogP contribution in [0.25, 0.3) is 0 Å². The fraction of sp³-hybridized carbons (Fsp3) is 0.167. The maximum atomic E-state index is 12.4. The van der Waals surface area contributed by atoms with Crippen molar-refractivity contribution in [2.75, 3.05) is 24.2 Å². The Morgan fingerprint density at radius 2 is 1.76 bits per heavy atom. The van der Waals surface area contributed by atoms with Gasteiger partial charge in [-0.15, -0.1) is 0 Å². The van der Waals surface area contributed by atoms with Crippen molar-refractivity contribution in [3.8, 4) is 11.5 Å². The number of para-hydroxylation sites is 1. The summed E-state index contributed by atoms with van der Waals surface area (Å²) in [4.78, 5) is 12.4. The number of nitrogens with one attached hydrogen (secondary N) is 1. The molecule has 0 heterocycles. The lowest BCUT2D eigenvalue weighted by molar-refractivity contribution is -0.119. The van der Waals surface area contributed by atoms with E-state index in [1.165, 1.54) is 19.4 Å². The smallest absolute Gasteiger partial charge is 0.260 e. The summed E-state index contributed by atoms with van der Waals surface area (Å²) >= 11 is 0. The van der Waals surface area contributed by atoms with Crippen LogP contribution in [0.5, 0.6) is 11.5 Å². The van der Waals surface area contributed by atoms with Crippen LogP contribution >= 0.6 is 0 Å². The lowest BCUT2D eigenvalue weighted by atomic mass is 10.2. The predicted molar refractivity (Wildman–Crippen MR) is 128 cm³/mol. The zero-order chi connectivity index (χ0) is 23.7. The van der Waals surface area contributed by atoms with Gasteiger partial charge in [-0.05, 0) is 29.8 Å². The molecule has 33 heavy (non-hydrogen) atoms. The van der Waals surface area contributed by atoms with Gasteiger partial charge in [0.15, 0.2) is 0 Å². The van der Waals surface area contributed by atoms with Gasteiger partial charge in [0.2, 0.25) is 10.0 Å². The normalized spacial score (nSPS) is 11.2. The first-order chi connectivity index (χ1) is 15.9. The van der Waals surface area contributed by atoms with Crippen molar-refractivity contribution in [1.29, 1.82) is 0 Å². The average molecular weight is 468 g/mol. The van der Waals surface area contributed by atoms with Gasteiger partial charge in [0.05, 0.1) is 25.3 Å². The highest BCUT2D eigenvalue weighted by Crippen LogP contribution is 2.23. The Hall–Kier alpha value is -3.85. The molecule has 3 rings (SSSR count). The number of anilines is 1. The fourth-order valence-electron chi connectivity index (χ4n) is 2.96. The molecular weight excluding hydrogens is 442 g/mol. The number of amides is 1. The van der Waals surface area contributed by atoms with Crippen LogP contribution in [0.15, 0.2) is 84.0 Å². The Balaban J connectivity index is 1.65.